The molecule has 0 atom stereocenters. The van der Waals surface area contributed by atoms with Crippen LogP contribution in [0.5, 0.6) is 6.01 Å². The molecular formula is C31H23F2N7O2. The minimum absolute atomic E-state index is 0.0103. The predicted octanol–water partition coefficient (Wildman–Crippen LogP) is 4.92. The first-order valence-electron chi connectivity index (χ1n) is 13.1. The van der Waals surface area contributed by atoms with Crippen LogP contribution in [0.15, 0.2) is 72.8 Å². The summed E-state index contributed by atoms with van der Waals surface area (Å²) in [5.74, 6) is -1.91. The molecule has 1 aliphatic heterocycles. The molecule has 0 aliphatic carbocycles. The van der Waals surface area contributed by atoms with Gasteiger partial charge in [0.25, 0.3) is 5.91 Å². The lowest BCUT2D eigenvalue weighted by atomic mass is 9.97. The molecule has 0 saturated carbocycles. The van der Waals surface area contributed by atoms with E-state index in [1.807, 2.05) is 17.0 Å². The maximum atomic E-state index is 16.2. The molecule has 208 valence electrons. The van der Waals surface area contributed by atoms with Crippen molar-refractivity contribution in [3.05, 3.63) is 89.9 Å². The number of anilines is 1. The van der Waals surface area contributed by atoms with Gasteiger partial charge in [-0.2, -0.15) is 15.2 Å². The van der Waals surface area contributed by atoms with Crippen LogP contribution in [0.4, 0.5) is 14.6 Å². The summed E-state index contributed by atoms with van der Waals surface area (Å²) in [5, 5.41) is 11.4. The van der Waals surface area contributed by atoms with Crippen LogP contribution in [0.2, 0.25) is 0 Å². The number of ether oxygens (including phenoxy) is 1. The number of amides is 1. The number of aromatic nitrogens is 4. The third-order valence-corrected chi connectivity index (χ3v) is 7.14. The minimum atomic E-state index is -0.900. The van der Waals surface area contributed by atoms with Gasteiger partial charge in [-0.25, -0.2) is 8.78 Å². The van der Waals surface area contributed by atoms with Crippen molar-refractivity contribution in [3.63, 3.8) is 0 Å². The zero-order valence-electron chi connectivity index (χ0n) is 22.5. The molecule has 6 rings (SSSR count). The van der Waals surface area contributed by atoms with Crippen molar-refractivity contribution in [2.45, 2.75) is 0 Å². The lowest BCUT2D eigenvalue weighted by Gasteiger charge is -2.35. The summed E-state index contributed by atoms with van der Waals surface area (Å²) in [6.45, 7) is 1.07. The van der Waals surface area contributed by atoms with Crippen LogP contribution in [-0.2, 0) is 4.79 Å². The third-order valence-electron chi connectivity index (χ3n) is 7.14. The van der Waals surface area contributed by atoms with Crippen LogP contribution in [0.1, 0.15) is 11.3 Å². The summed E-state index contributed by atoms with van der Waals surface area (Å²) < 4.78 is 36.2. The van der Waals surface area contributed by atoms with Crippen molar-refractivity contribution >= 4 is 39.5 Å². The molecule has 1 aliphatic rings. The molecule has 0 spiro atoms. The first-order valence-corrected chi connectivity index (χ1v) is 13.1. The van der Waals surface area contributed by atoms with Gasteiger partial charge in [0.1, 0.15) is 17.0 Å². The van der Waals surface area contributed by atoms with Crippen LogP contribution in [0.3, 0.4) is 0 Å². The average molecular weight is 564 g/mol. The number of carbonyl (C=O) groups excluding carboxylic acids is 1. The SMILES string of the molecule is COc1nc(N2CCN(C(=O)/C(F)=C/c3ccccn3)CC2)c2cnc(-c3cccc4cccc(C#N)c34)c(F)c2n1. The molecule has 5 aromatic rings. The molecule has 1 amide bonds. The number of nitrogens with zero attached hydrogens (tertiary/aromatic N) is 7. The highest BCUT2D eigenvalue weighted by Crippen LogP contribution is 2.36. The second-order valence-corrected chi connectivity index (χ2v) is 9.56. The van der Waals surface area contributed by atoms with E-state index in [2.05, 4.69) is 26.0 Å². The molecule has 1 saturated heterocycles. The quantitative estimate of drug-likeness (QED) is 0.278. The summed E-state index contributed by atoms with van der Waals surface area (Å²) in [4.78, 5) is 33.3. The molecule has 0 radical (unpaired) electrons. The van der Waals surface area contributed by atoms with Gasteiger partial charge in [-0.1, -0.05) is 36.4 Å². The van der Waals surface area contributed by atoms with E-state index < -0.39 is 17.6 Å². The Balaban J connectivity index is 1.33. The van der Waals surface area contributed by atoms with Gasteiger partial charge in [-0.15, -0.1) is 0 Å². The first kappa shape index (κ1) is 26.7. The van der Waals surface area contributed by atoms with Crippen molar-refractivity contribution in [1.29, 1.82) is 5.26 Å². The molecule has 2 aromatic carbocycles. The number of hydrogen-bond acceptors (Lipinski definition) is 8. The van der Waals surface area contributed by atoms with Crippen LogP contribution >= 0.6 is 0 Å². The molecule has 4 heterocycles. The zero-order valence-corrected chi connectivity index (χ0v) is 22.5. The van der Waals surface area contributed by atoms with Gasteiger partial charge < -0.3 is 14.5 Å². The van der Waals surface area contributed by atoms with E-state index >= 15 is 4.39 Å². The summed E-state index contributed by atoms with van der Waals surface area (Å²) >= 11 is 0. The number of halogens is 2. The Hall–Kier alpha value is -5.50. The van der Waals surface area contributed by atoms with E-state index in [9.17, 15) is 14.4 Å². The topological polar surface area (TPSA) is 108 Å². The molecule has 0 bridgehead atoms. The predicted molar refractivity (Wildman–Crippen MR) is 154 cm³/mol. The number of carbonyl (C=O) groups is 1. The monoisotopic (exact) mass is 563 g/mol. The smallest absolute Gasteiger partial charge is 0.318 e. The van der Waals surface area contributed by atoms with Crippen LogP contribution in [0, 0.1) is 17.1 Å². The molecule has 0 unspecified atom stereocenters. The number of piperazine rings is 1. The fourth-order valence-corrected chi connectivity index (χ4v) is 5.10. The number of nitriles is 1. The van der Waals surface area contributed by atoms with Gasteiger partial charge >= 0.3 is 6.01 Å². The van der Waals surface area contributed by atoms with Crippen molar-refractivity contribution in [3.8, 4) is 23.3 Å². The normalized spacial score (nSPS) is 13.8. The first-order chi connectivity index (χ1) is 20.5. The molecule has 9 nitrogen and oxygen atoms in total. The van der Waals surface area contributed by atoms with Gasteiger partial charge in [0.2, 0.25) is 0 Å². The van der Waals surface area contributed by atoms with Gasteiger partial charge in [0.15, 0.2) is 11.6 Å². The Bertz CT molecular complexity index is 1890. The van der Waals surface area contributed by atoms with Gasteiger partial charge in [0.05, 0.1) is 29.8 Å². The summed E-state index contributed by atoms with van der Waals surface area (Å²) in [6.07, 6.45) is 4.14. The summed E-state index contributed by atoms with van der Waals surface area (Å²) in [6, 6.07) is 17.8. The molecule has 11 heteroatoms. The van der Waals surface area contributed by atoms with E-state index in [4.69, 9.17) is 4.74 Å². The van der Waals surface area contributed by atoms with Crippen molar-refractivity contribution < 1.29 is 18.3 Å². The Kier molecular flexibility index (Phi) is 7.10. The lowest BCUT2D eigenvalue weighted by molar-refractivity contribution is -0.128. The zero-order chi connectivity index (χ0) is 29.2. The van der Waals surface area contributed by atoms with Crippen LogP contribution < -0.4 is 9.64 Å². The van der Waals surface area contributed by atoms with Crippen molar-refractivity contribution in [1.82, 2.24) is 24.8 Å². The van der Waals surface area contributed by atoms with Gasteiger partial charge in [0, 0.05) is 55.6 Å². The fourth-order valence-electron chi connectivity index (χ4n) is 5.10. The average Bonchev–Trinajstić information content (AvgIpc) is 3.04. The number of benzene rings is 2. The molecular weight excluding hydrogens is 540 g/mol. The molecule has 42 heavy (non-hydrogen) atoms. The van der Waals surface area contributed by atoms with E-state index in [-0.39, 0.29) is 30.3 Å². The standard InChI is InChI=1S/C31H23F2N7O2/c1-42-31-37-28-23(18-36-27(26(28)33)22-10-5-7-19-6-4-8-20(17-34)25(19)22)29(38-31)39-12-14-40(15-13-39)30(41)24(32)16-21-9-2-3-11-35-21/h2-11,16,18H,12-15H2,1H3/b24-16-. The van der Waals surface area contributed by atoms with Gasteiger partial charge in [-0.3, -0.25) is 14.8 Å². The number of pyridine rings is 2. The second kappa shape index (κ2) is 11.2. The second-order valence-electron chi connectivity index (χ2n) is 9.56. The number of rotatable bonds is 5. The maximum Gasteiger partial charge on any atom is 0.318 e. The Morgan fingerprint density at radius 2 is 1.81 bits per heavy atom. The minimum Gasteiger partial charge on any atom is -0.467 e. The maximum absolute atomic E-state index is 16.2. The van der Waals surface area contributed by atoms with E-state index in [1.165, 1.54) is 24.4 Å². The summed E-state index contributed by atoms with van der Waals surface area (Å²) in [7, 11) is 1.39. The highest BCUT2D eigenvalue weighted by Gasteiger charge is 2.27. The molecule has 1 fully saturated rings. The molecule has 0 N–H and O–H groups in total. The van der Waals surface area contributed by atoms with Crippen molar-refractivity contribution in [2.24, 2.45) is 0 Å². The van der Waals surface area contributed by atoms with E-state index in [1.54, 1.807) is 42.5 Å². The van der Waals surface area contributed by atoms with Gasteiger partial charge in [-0.05, 0) is 23.6 Å². The Labute approximate surface area is 239 Å². The molecule has 3 aromatic heterocycles. The van der Waals surface area contributed by atoms with Crippen LogP contribution in [-0.4, -0.2) is 64.0 Å². The Morgan fingerprint density at radius 1 is 1.02 bits per heavy atom. The van der Waals surface area contributed by atoms with Crippen molar-refractivity contribution in [2.75, 3.05) is 38.2 Å². The largest absolute Gasteiger partial charge is 0.467 e. The lowest BCUT2D eigenvalue weighted by Crippen LogP contribution is -2.49. The number of hydrogen-bond donors (Lipinski definition) is 0. The highest BCUT2D eigenvalue weighted by atomic mass is 19.1. The number of methoxy groups -OCH3 is 1. The van der Waals surface area contributed by atoms with Crippen LogP contribution in [0.25, 0.3) is 39.0 Å². The van der Waals surface area contributed by atoms with E-state index in [0.717, 1.165) is 11.5 Å². The Morgan fingerprint density at radius 3 is 2.52 bits per heavy atom. The highest BCUT2D eigenvalue weighted by molar-refractivity contribution is 6.02. The fraction of sp³-hybridized carbons (Fsp3) is 0.161. The third kappa shape index (κ3) is 4.83. The number of fused-ring (bicyclic) bond motifs is 2. The summed E-state index contributed by atoms with van der Waals surface area (Å²) in [5.41, 5.74) is 1.28. The van der Waals surface area contributed by atoms with E-state index in [0.29, 0.717) is 46.5 Å².